The molecule has 5 nitrogen and oxygen atoms in total. The molecular weight excluding hydrogens is 234 g/mol. The van der Waals surface area contributed by atoms with Crippen molar-refractivity contribution in [2.75, 3.05) is 17.7 Å². The molecule has 2 heterocycles. The van der Waals surface area contributed by atoms with Crippen LogP contribution in [0.15, 0.2) is 17.6 Å². The Kier molecular flexibility index (Phi) is 3.53. The molecule has 0 radical (unpaired) electrons. The summed E-state index contributed by atoms with van der Waals surface area (Å²) in [5.74, 6) is 1.43. The molecule has 0 aliphatic carbocycles. The van der Waals surface area contributed by atoms with Crippen LogP contribution < -0.4 is 10.6 Å². The average molecular weight is 249 g/mol. The summed E-state index contributed by atoms with van der Waals surface area (Å²) in [5.41, 5.74) is 0.929. The summed E-state index contributed by atoms with van der Waals surface area (Å²) >= 11 is 1.63. The van der Waals surface area contributed by atoms with Crippen LogP contribution in [0.5, 0.6) is 0 Å². The van der Waals surface area contributed by atoms with Gasteiger partial charge in [0.1, 0.15) is 10.8 Å². The van der Waals surface area contributed by atoms with E-state index in [0.29, 0.717) is 5.95 Å². The molecule has 0 fully saturated rings. The van der Waals surface area contributed by atoms with Gasteiger partial charge in [-0.25, -0.2) is 9.97 Å². The molecule has 17 heavy (non-hydrogen) atoms. The Balaban J connectivity index is 2.15. The highest BCUT2D eigenvalue weighted by Crippen LogP contribution is 2.20. The number of nitrogens with one attached hydrogen (secondary N) is 2. The molecule has 2 rings (SSSR count). The van der Waals surface area contributed by atoms with Crippen LogP contribution in [-0.4, -0.2) is 22.0 Å². The Hall–Kier alpha value is -1.69. The maximum absolute atomic E-state index is 4.35. The third kappa shape index (κ3) is 2.91. The lowest BCUT2D eigenvalue weighted by atomic mass is 10.3. The number of thiazole rings is 1. The number of nitrogens with zero attached hydrogens (tertiary/aromatic N) is 3. The molecular formula is C11H15N5S. The van der Waals surface area contributed by atoms with Gasteiger partial charge in [-0.1, -0.05) is 0 Å². The van der Waals surface area contributed by atoms with Gasteiger partial charge in [-0.05, 0) is 13.8 Å². The first-order valence-corrected chi connectivity index (χ1v) is 6.26. The number of hydrogen-bond donors (Lipinski definition) is 2. The van der Waals surface area contributed by atoms with E-state index in [9.17, 15) is 0 Å². The summed E-state index contributed by atoms with van der Waals surface area (Å²) in [6.45, 7) is 4.01. The third-order valence-electron chi connectivity index (χ3n) is 2.26. The van der Waals surface area contributed by atoms with Crippen molar-refractivity contribution >= 4 is 23.1 Å². The first-order valence-electron chi connectivity index (χ1n) is 5.38. The minimum atomic E-state index is 0.147. The molecule has 0 bridgehead atoms. The van der Waals surface area contributed by atoms with Crippen molar-refractivity contribution in [3.8, 4) is 0 Å². The maximum Gasteiger partial charge on any atom is 0.224 e. The van der Waals surface area contributed by atoms with Crippen molar-refractivity contribution in [3.05, 3.63) is 28.3 Å². The zero-order chi connectivity index (χ0) is 12.3. The van der Waals surface area contributed by atoms with Crippen LogP contribution in [-0.2, 0) is 0 Å². The molecule has 2 aromatic rings. The largest absolute Gasteiger partial charge is 0.361 e. The first kappa shape index (κ1) is 11.8. The molecule has 0 amide bonds. The molecule has 2 aromatic heterocycles. The predicted octanol–water partition coefficient (Wildman–Crippen LogP) is 2.46. The van der Waals surface area contributed by atoms with Crippen LogP contribution in [0.4, 0.5) is 11.8 Å². The number of hydrogen-bond acceptors (Lipinski definition) is 6. The van der Waals surface area contributed by atoms with E-state index in [0.717, 1.165) is 16.5 Å². The van der Waals surface area contributed by atoms with E-state index in [1.165, 1.54) is 0 Å². The summed E-state index contributed by atoms with van der Waals surface area (Å²) in [6, 6.07) is 2.07. The molecule has 6 heteroatoms. The molecule has 0 aliphatic rings. The van der Waals surface area contributed by atoms with Gasteiger partial charge in [0, 0.05) is 30.4 Å². The van der Waals surface area contributed by atoms with Crippen LogP contribution in [0.1, 0.15) is 23.7 Å². The van der Waals surface area contributed by atoms with Crippen LogP contribution in [0.2, 0.25) is 0 Å². The smallest absolute Gasteiger partial charge is 0.224 e. The standard InChI is InChI=1S/C11H15N5S/c1-7-6-9(16-11(12-3)14-7)15-8(2)10-13-4-5-17-10/h4-6,8H,1-3H3,(H2,12,14,15,16). The van der Waals surface area contributed by atoms with Gasteiger partial charge in [-0.2, -0.15) is 4.98 Å². The van der Waals surface area contributed by atoms with Gasteiger partial charge in [-0.3, -0.25) is 0 Å². The van der Waals surface area contributed by atoms with Gasteiger partial charge in [0.15, 0.2) is 0 Å². The van der Waals surface area contributed by atoms with E-state index in [2.05, 4.69) is 32.5 Å². The fraction of sp³-hybridized carbons (Fsp3) is 0.364. The van der Waals surface area contributed by atoms with Crippen molar-refractivity contribution in [2.45, 2.75) is 19.9 Å². The number of anilines is 2. The Morgan fingerprint density at radius 3 is 2.82 bits per heavy atom. The monoisotopic (exact) mass is 249 g/mol. The molecule has 0 aliphatic heterocycles. The van der Waals surface area contributed by atoms with Crippen LogP contribution >= 0.6 is 11.3 Å². The normalized spacial score (nSPS) is 12.2. The Labute approximate surface area is 104 Å². The zero-order valence-electron chi connectivity index (χ0n) is 10.1. The van der Waals surface area contributed by atoms with E-state index in [1.807, 2.05) is 31.6 Å². The topological polar surface area (TPSA) is 62.7 Å². The SMILES string of the molecule is CNc1nc(C)cc(NC(C)c2nccs2)n1. The van der Waals surface area contributed by atoms with E-state index < -0.39 is 0 Å². The van der Waals surface area contributed by atoms with Crippen molar-refractivity contribution < 1.29 is 0 Å². The van der Waals surface area contributed by atoms with E-state index in [4.69, 9.17) is 0 Å². The van der Waals surface area contributed by atoms with Gasteiger partial charge >= 0.3 is 0 Å². The van der Waals surface area contributed by atoms with Gasteiger partial charge < -0.3 is 10.6 Å². The van der Waals surface area contributed by atoms with Crippen molar-refractivity contribution in [1.29, 1.82) is 0 Å². The maximum atomic E-state index is 4.35. The van der Waals surface area contributed by atoms with Crippen molar-refractivity contribution in [2.24, 2.45) is 0 Å². The fourth-order valence-corrected chi connectivity index (χ4v) is 2.13. The fourth-order valence-electron chi connectivity index (χ4n) is 1.49. The number of aromatic nitrogens is 3. The molecule has 1 atom stereocenters. The van der Waals surface area contributed by atoms with Crippen LogP contribution in [0, 0.1) is 6.92 Å². The molecule has 90 valence electrons. The molecule has 1 unspecified atom stereocenters. The van der Waals surface area contributed by atoms with Gasteiger partial charge in [0.05, 0.1) is 6.04 Å². The second-order valence-corrected chi connectivity index (χ2v) is 4.63. The third-order valence-corrected chi connectivity index (χ3v) is 3.22. The minimum Gasteiger partial charge on any atom is -0.361 e. The van der Waals surface area contributed by atoms with E-state index >= 15 is 0 Å². The van der Waals surface area contributed by atoms with Crippen LogP contribution in [0.25, 0.3) is 0 Å². The van der Waals surface area contributed by atoms with Crippen molar-refractivity contribution in [1.82, 2.24) is 15.0 Å². The first-order chi connectivity index (χ1) is 8.19. The van der Waals surface area contributed by atoms with Gasteiger partial charge in [-0.15, -0.1) is 11.3 Å². The highest BCUT2D eigenvalue weighted by atomic mass is 32.1. The Morgan fingerprint density at radius 1 is 1.35 bits per heavy atom. The summed E-state index contributed by atoms with van der Waals surface area (Å²) in [5, 5.41) is 9.28. The lowest BCUT2D eigenvalue weighted by molar-refractivity contribution is 0.857. The summed E-state index contributed by atoms with van der Waals surface area (Å²) in [4.78, 5) is 12.9. The molecule has 0 saturated heterocycles. The average Bonchev–Trinajstić information content (AvgIpc) is 2.81. The lowest BCUT2D eigenvalue weighted by Gasteiger charge is -2.13. The number of aryl methyl sites for hydroxylation is 1. The van der Waals surface area contributed by atoms with Gasteiger partial charge in [0.25, 0.3) is 0 Å². The zero-order valence-corrected chi connectivity index (χ0v) is 10.9. The summed E-state index contributed by atoms with van der Waals surface area (Å²) in [6.07, 6.45) is 1.81. The van der Waals surface area contributed by atoms with E-state index in [1.54, 1.807) is 11.3 Å². The van der Waals surface area contributed by atoms with Gasteiger partial charge in [0.2, 0.25) is 5.95 Å². The molecule has 2 N–H and O–H groups in total. The second kappa shape index (κ2) is 5.09. The van der Waals surface area contributed by atoms with E-state index in [-0.39, 0.29) is 6.04 Å². The second-order valence-electron chi connectivity index (χ2n) is 3.70. The Bertz CT molecular complexity index is 483. The predicted molar refractivity (Wildman–Crippen MR) is 70.5 cm³/mol. The molecule has 0 aromatic carbocycles. The number of rotatable bonds is 4. The summed E-state index contributed by atoms with van der Waals surface area (Å²) in [7, 11) is 1.81. The molecule has 0 spiro atoms. The van der Waals surface area contributed by atoms with Crippen LogP contribution in [0.3, 0.4) is 0 Å². The Morgan fingerprint density at radius 2 is 2.18 bits per heavy atom. The summed E-state index contributed by atoms with van der Waals surface area (Å²) < 4.78 is 0. The highest BCUT2D eigenvalue weighted by molar-refractivity contribution is 7.09. The lowest BCUT2D eigenvalue weighted by Crippen LogP contribution is -2.09. The van der Waals surface area contributed by atoms with Crippen molar-refractivity contribution in [3.63, 3.8) is 0 Å². The quantitative estimate of drug-likeness (QED) is 0.871. The highest BCUT2D eigenvalue weighted by Gasteiger charge is 2.09. The molecule has 0 saturated carbocycles. The minimum absolute atomic E-state index is 0.147.